The zero-order valence-corrected chi connectivity index (χ0v) is 13.9. The summed E-state index contributed by atoms with van der Waals surface area (Å²) in [6, 6.07) is 16.5. The molecule has 2 nitrogen and oxygen atoms in total. The van der Waals surface area contributed by atoms with E-state index in [1.54, 1.807) is 0 Å². The smallest absolute Gasteiger partial charge is 0.0599 e. The molecule has 0 aromatic heterocycles. The fourth-order valence-electron chi connectivity index (χ4n) is 4.99. The number of piperidine rings is 1. The Hall–Kier alpha value is -2.24. The van der Waals surface area contributed by atoms with Crippen LogP contribution in [0.5, 0.6) is 0 Å². The second-order valence-corrected chi connectivity index (χ2v) is 7.26. The summed E-state index contributed by atoms with van der Waals surface area (Å²) in [6.07, 6.45) is 9.04. The van der Waals surface area contributed by atoms with Gasteiger partial charge in [0.2, 0.25) is 0 Å². The van der Waals surface area contributed by atoms with Gasteiger partial charge in [-0.25, -0.2) is 0 Å². The van der Waals surface area contributed by atoms with E-state index in [2.05, 4.69) is 58.2 Å². The number of terminal acetylenes is 1. The van der Waals surface area contributed by atoms with Crippen LogP contribution in [0.2, 0.25) is 0 Å². The Morgan fingerprint density at radius 1 is 1.04 bits per heavy atom. The van der Waals surface area contributed by atoms with E-state index in [0.717, 1.165) is 32.5 Å². The van der Waals surface area contributed by atoms with E-state index in [-0.39, 0.29) is 0 Å². The Morgan fingerprint density at radius 3 is 2.79 bits per heavy atom. The maximum atomic E-state index is 5.56. The first-order valence-electron chi connectivity index (χ1n) is 9.01. The third kappa shape index (κ3) is 1.95. The summed E-state index contributed by atoms with van der Waals surface area (Å²) in [4.78, 5) is 5.11. The van der Waals surface area contributed by atoms with Gasteiger partial charge >= 0.3 is 0 Å². The lowest BCUT2D eigenvalue weighted by atomic mass is 9.87. The number of nitrogens with zero attached hydrogens (tertiary/aromatic N) is 2. The Kier molecular flexibility index (Phi) is 3.18. The lowest BCUT2D eigenvalue weighted by Gasteiger charge is -2.38. The van der Waals surface area contributed by atoms with Gasteiger partial charge in [0.1, 0.15) is 0 Å². The first-order valence-corrected chi connectivity index (χ1v) is 9.01. The molecule has 0 saturated carbocycles. The first-order chi connectivity index (χ1) is 11.9. The van der Waals surface area contributed by atoms with Crippen LogP contribution in [0.25, 0.3) is 0 Å². The Balaban J connectivity index is 1.66. The first kappa shape index (κ1) is 14.1. The molecule has 3 aliphatic heterocycles. The van der Waals surface area contributed by atoms with Crippen molar-refractivity contribution >= 4 is 11.4 Å². The van der Waals surface area contributed by atoms with Crippen molar-refractivity contribution in [3.63, 3.8) is 0 Å². The van der Waals surface area contributed by atoms with Gasteiger partial charge in [-0.2, -0.15) is 0 Å². The number of para-hydroxylation sites is 2. The van der Waals surface area contributed by atoms with Crippen LogP contribution in [-0.4, -0.2) is 30.6 Å². The standard InChI is InChI=1S/C22H22N2/c1-2-13-23-14-12-21-19(15-23)18-8-5-7-17-11-10-16-6-3-4-9-20(16)24(21)22(17)18/h1,3-9,19,21H,10-15H2/t19-,21+/m0/s1. The number of aryl methyl sites for hydroxylation is 2. The van der Waals surface area contributed by atoms with Crippen LogP contribution in [0.4, 0.5) is 11.4 Å². The number of benzene rings is 2. The van der Waals surface area contributed by atoms with E-state index < -0.39 is 0 Å². The summed E-state index contributed by atoms with van der Waals surface area (Å²) in [5.41, 5.74) is 7.48. The van der Waals surface area contributed by atoms with E-state index in [4.69, 9.17) is 6.42 Å². The lowest BCUT2D eigenvalue weighted by Crippen LogP contribution is -2.45. The van der Waals surface area contributed by atoms with Gasteiger partial charge in [-0.3, -0.25) is 4.90 Å². The molecule has 0 aliphatic carbocycles. The number of hydrogen-bond donors (Lipinski definition) is 0. The molecular weight excluding hydrogens is 292 g/mol. The molecule has 3 heterocycles. The summed E-state index contributed by atoms with van der Waals surface area (Å²) in [6.45, 7) is 2.96. The Labute approximate surface area is 144 Å². The van der Waals surface area contributed by atoms with Crippen LogP contribution in [0.1, 0.15) is 29.0 Å². The van der Waals surface area contributed by atoms with E-state index in [1.807, 2.05) is 0 Å². The minimum Gasteiger partial charge on any atom is -0.337 e. The van der Waals surface area contributed by atoms with Gasteiger partial charge < -0.3 is 4.90 Å². The van der Waals surface area contributed by atoms with E-state index >= 15 is 0 Å². The van der Waals surface area contributed by atoms with Gasteiger partial charge in [-0.15, -0.1) is 6.42 Å². The molecule has 0 unspecified atom stereocenters. The molecule has 0 bridgehead atoms. The van der Waals surface area contributed by atoms with Gasteiger partial charge in [0.25, 0.3) is 0 Å². The monoisotopic (exact) mass is 314 g/mol. The molecule has 120 valence electrons. The fraction of sp³-hybridized carbons (Fsp3) is 0.364. The molecule has 5 rings (SSSR count). The molecule has 0 N–H and O–H groups in total. The molecule has 3 aliphatic rings. The van der Waals surface area contributed by atoms with Gasteiger partial charge in [-0.1, -0.05) is 42.3 Å². The van der Waals surface area contributed by atoms with Crippen LogP contribution < -0.4 is 4.90 Å². The number of fused-ring (bicyclic) bond motifs is 5. The second-order valence-electron chi connectivity index (χ2n) is 7.26. The van der Waals surface area contributed by atoms with Crippen LogP contribution in [0.15, 0.2) is 42.5 Å². The van der Waals surface area contributed by atoms with Crippen molar-refractivity contribution in [1.82, 2.24) is 4.90 Å². The largest absolute Gasteiger partial charge is 0.337 e. The molecule has 1 fully saturated rings. The van der Waals surface area contributed by atoms with Crippen LogP contribution in [0, 0.1) is 12.3 Å². The zero-order chi connectivity index (χ0) is 16.1. The maximum absolute atomic E-state index is 5.56. The third-order valence-electron chi connectivity index (χ3n) is 6.01. The number of hydrogen-bond acceptors (Lipinski definition) is 2. The molecule has 2 aromatic rings. The van der Waals surface area contributed by atoms with E-state index in [0.29, 0.717) is 12.0 Å². The molecule has 24 heavy (non-hydrogen) atoms. The topological polar surface area (TPSA) is 6.48 Å². The maximum Gasteiger partial charge on any atom is 0.0599 e. The van der Waals surface area contributed by atoms with Gasteiger partial charge in [0.15, 0.2) is 0 Å². The van der Waals surface area contributed by atoms with E-state index in [9.17, 15) is 0 Å². The minimum absolute atomic E-state index is 0.577. The minimum atomic E-state index is 0.577. The average Bonchev–Trinajstić information content (AvgIpc) is 2.84. The molecule has 0 radical (unpaired) electrons. The van der Waals surface area contributed by atoms with Crippen molar-refractivity contribution in [2.75, 3.05) is 24.5 Å². The lowest BCUT2D eigenvalue weighted by molar-refractivity contribution is 0.218. The highest BCUT2D eigenvalue weighted by molar-refractivity contribution is 5.79. The van der Waals surface area contributed by atoms with Crippen molar-refractivity contribution < 1.29 is 0 Å². The van der Waals surface area contributed by atoms with Crippen molar-refractivity contribution in [2.45, 2.75) is 31.2 Å². The molecule has 2 heteroatoms. The Bertz CT molecular complexity index is 832. The van der Waals surface area contributed by atoms with E-state index in [1.165, 1.54) is 34.5 Å². The summed E-state index contributed by atoms with van der Waals surface area (Å²) in [5.74, 6) is 3.41. The molecule has 0 spiro atoms. The van der Waals surface area contributed by atoms with Crippen LogP contribution >= 0.6 is 0 Å². The Morgan fingerprint density at radius 2 is 1.88 bits per heavy atom. The fourth-order valence-corrected chi connectivity index (χ4v) is 4.99. The molecule has 2 atom stereocenters. The van der Waals surface area contributed by atoms with Gasteiger partial charge in [0.05, 0.1) is 6.54 Å². The zero-order valence-electron chi connectivity index (χ0n) is 13.9. The second kappa shape index (κ2) is 5.40. The SMILES string of the molecule is C#CCN1CC[C@@H]2[C@@H](C1)c1cccc3c1N2c1ccccc1CC3. The van der Waals surface area contributed by atoms with Crippen LogP contribution in [0.3, 0.4) is 0 Å². The van der Waals surface area contributed by atoms with Crippen molar-refractivity contribution in [1.29, 1.82) is 0 Å². The highest BCUT2D eigenvalue weighted by atomic mass is 15.2. The third-order valence-corrected chi connectivity index (χ3v) is 6.01. The van der Waals surface area contributed by atoms with Crippen molar-refractivity contribution in [3.05, 3.63) is 59.2 Å². The normalized spacial score (nSPS) is 24.5. The molecule has 1 saturated heterocycles. The number of rotatable bonds is 1. The van der Waals surface area contributed by atoms with Gasteiger partial charge in [0, 0.05) is 36.4 Å². The van der Waals surface area contributed by atoms with Crippen molar-refractivity contribution in [2.24, 2.45) is 0 Å². The predicted octanol–water partition coefficient (Wildman–Crippen LogP) is 3.73. The van der Waals surface area contributed by atoms with Crippen LogP contribution in [-0.2, 0) is 12.8 Å². The number of anilines is 2. The highest BCUT2D eigenvalue weighted by Gasteiger charge is 2.44. The summed E-state index contributed by atoms with van der Waals surface area (Å²) in [5, 5.41) is 0. The van der Waals surface area contributed by atoms with Gasteiger partial charge in [-0.05, 0) is 42.0 Å². The van der Waals surface area contributed by atoms with Crippen molar-refractivity contribution in [3.8, 4) is 12.3 Å². The molecular formula is C22H22N2. The highest BCUT2D eigenvalue weighted by Crippen LogP contribution is 2.52. The summed E-state index contributed by atoms with van der Waals surface area (Å²) < 4.78 is 0. The number of likely N-dealkylation sites (tertiary alicyclic amines) is 1. The summed E-state index contributed by atoms with van der Waals surface area (Å²) in [7, 11) is 0. The average molecular weight is 314 g/mol. The molecule has 2 aromatic carbocycles. The molecule has 0 amide bonds. The predicted molar refractivity (Wildman–Crippen MR) is 98.9 cm³/mol. The summed E-state index contributed by atoms with van der Waals surface area (Å²) >= 11 is 0. The quantitative estimate of drug-likeness (QED) is 0.740.